The highest BCUT2D eigenvalue weighted by Crippen LogP contribution is 2.13. The Labute approximate surface area is 133 Å². The van der Waals surface area contributed by atoms with Gasteiger partial charge in [0.1, 0.15) is 5.15 Å². The Morgan fingerprint density at radius 2 is 2.14 bits per heavy atom. The van der Waals surface area contributed by atoms with Gasteiger partial charge in [-0.2, -0.15) is 0 Å². The molecule has 2 heterocycles. The second kappa shape index (κ2) is 7.52. The third kappa shape index (κ3) is 4.79. The molecule has 0 aromatic carbocycles. The topological polar surface area (TPSA) is 54.9 Å². The molecule has 0 spiro atoms. The molecule has 112 valence electrons. The van der Waals surface area contributed by atoms with E-state index in [0.717, 1.165) is 35.7 Å². The SMILES string of the molecule is CCCc1cc(C(=O)NCCc2nc(C)cs2)cc(Cl)n1. The van der Waals surface area contributed by atoms with Gasteiger partial charge in [0.2, 0.25) is 0 Å². The molecule has 6 heteroatoms. The van der Waals surface area contributed by atoms with E-state index >= 15 is 0 Å². The van der Waals surface area contributed by atoms with Gasteiger partial charge in [-0.3, -0.25) is 4.79 Å². The van der Waals surface area contributed by atoms with Crippen LogP contribution >= 0.6 is 22.9 Å². The summed E-state index contributed by atoms with van der Waals surface area (Å²) in [5, 5.41) is 6.30. The lowest BCUT2D eigenvalue weighted by Gasteiger charge is -2.06. The van der Waals surface area contributed by atoms with Gasteiger partial charge in [-0.05, 0) is 25.5 Å². The van der Waals surface area contributed by atoms with E-state index in [1.165, 1.54) is 0 Å². The van der Waals surface area contributed by atoms with Crippen LogP contribution in [0.5, 0.6) is 0 Å². The molecule has 1 amide bonds. The Kier molecular flexibility index (Phi) is 5.70. The number of carbonyl (C=O) groups excluding carboxylic acids is 1. The number of aromatic nitrogens is 2. The van der Waals surface area contributed by atoms with E-state index < -0.39 is 0 Å². The smallest absolute Gasteiger partial charge is 0.251 e. The first-order valence-corrected chi connectivity index (χ1v) is 8.20. The van der Waals surface area contributed by atoms with Gasteiger partial charge in [0.25, 0.3) is 5.91 Å². The minimum Gasteiger partial charge on any atom is -0.352 e. The highest BCUT2D eigenvalue weighted by atomic mass is 35.5. The summed E-state index contributed by atoms with van der Waals surface area (Å²) in [6, 6.07) is 3.40. The van der Waals surface area contributed by atoms with Crippen molar-refractivity contribution in [2.45, 2.75) is 33.1 Å². The fourth-order valence-electron chi connectivity index (χ4n) is 1.97. The van der Waals surface area contributed by atoms with Crippen molar-refractivity contribution in [1.29, 1.82) is 0 Å². The van der Waals surface area contributed by atoms with Gasteiger partial charge in [0, 0.05) is 35.3 Å². The number of amides is 1. The van der Waals surface area contributed by atoms with Gasteiger partial charge in [-0.15, -0.1) is 11.3 Å². The van der Waals surface area contributed by atoms with Crippen LogP contribution in [0.4, 0.5) is 0 Å². The predicted molar refractivity (Wildman–Crippen MR) is 86.1 cm³/mol. The summed E-state index contributed by atoms with van der Waals surface area (Å²) in [5.74, 6) is -0.120. The Balaban J connectivity index is 1.93. The molecule has 0 aliphatic heterocycles. The molecule has 1 N–H and O–H groups in total. The van der Waals surface area contributed by atoms with Gasteiger partial charge in [-0.1, -0.05) is 24.9 Å². The second-order valence-electron chi connectivity index (χ2n) is 4.81. The number of carbonyl (C=O) groups is 1. The molecular weight excluding hydrogens is 306 g/mol. The molecule has 0 radical (unpaired) electrons. The van der Waals surface area contributed by atoms with Gasteiger partial charge in [-0.25, -0.2) is 9.97 Å². The van der Waals surface area contributed by atoms with Crippen LogP contribution in [0.15, 0.2) is 17.5 Å². The average Bonchev–Trinajstić information content (AvgIpc) is 2.84. The Morgan fingerprint density at radius 1 is 1.33 bits per heavy atom. The third-order valence-electron chi connectivity index (χ3n) is 2.91. The van der Waals surface area contributed by atoms with Crippen molar-refractivity contribution >= 4 is 28.8 Å². The van der Waals surface area contributed by atoms with E-state index in [9.17, 15) is 4.79 Å². The zero-order valence-corrected chi connectivity index (χ0v) is 13.7. The van der Waals surface area contributed by atoms with Crippen molar-refractivity contribution in [1.82, 2.24) is 15.3 Å². The minimum atomic E-state index is -0.120. The van der Waals surface area contributed by atoms with Crippen molar-refractivity contribution in [3.8, 4) is 0 Å². The maximum Gasteiger partial charge on any atom is 0.251 e. The van der Waals surface area contributed by atoms with Crippen LogP contribution in [0.25, 0.3) is 0 Å². The van der Waals surface area contributed by atoms with E-state index in [1.54, 1.807) is 23.5 Å². The molecule has 0 aliphatic rings. The average molecular weight is 324 g/mol. The van der Waals surface area contributed by atoms with Gasteiger partial charge < -0.3 is 5.32 Å². The first kappa shape index (κ1) is 15.9. The highest BCUT2D eigenvalue weighted by molar-refractivity contribution is 7.09. The number of nitrogens with one attached hydrogen (secondary N) is 1. The molecule has 4 nitrogen and oxygen atoms in total. The first-order chi connectivity index (χ1) is 10.1. The summed E-state index contributed by atoms with van der Waals surface area (Å²) in [7, 11) is 0. The molecule has 0 unspecified atom stereocenters. The number of halogens is 1. The minimum absolute atomic E-state index is 0.120. The lowest BCUT2D eigenvalue weighted by molar-refractivity contribution is 0.0954. The maximum atomic E-state index is 12.1. The Hall–Kier alpha value is -1.46. The number of hydrogen-bond acceptors (Lipinski definition) is 4. The summed E-state index contributed by atoms with van der Waals surface area (Å²) < 4.78 is 0. The second-order valence-corrected chi connectivity index (χ2v) is 6.14. The number of pyridine rings is 1. The molecule has 2 rings (SSSR count). The standard InChI is InChI=1S/C15H18ClN3OS/c1-3-4-12-7-11(8-13(16)19-12)15(20)17-6-5-14-18-10(2)9-21-14/h7-9H,3-6H2,1-2H3,(H,17,20). The zero-order chi connectivity index (χ0) is 15.2. The Morgan fingerprint density at radius 3 is 2.81 bits per heavy atom. The lowest BCUT2D eigenvalue weighted by atomic mass is 10.1. The quantitative estimate of drug-likeness (QED) is 0.829. The van der Waals surface area contributed by atoms with E-state index in [-0.39, 0.29) is 5.91 Å². The van der Waals surface area contributed by atoms with Crippen molar-refractivity contribution < 1.29 is 4.79 Å². The van der Waals surface area contributed by atoms with Crippen molar-refractivity contribution in [3.63, 3.8) is 0 Å². The summed E-state index contributed by atoms with van der Waals surface area (Å²) >= 11 is 7.58. The molecule has 0 saturated carbocycles. The van der Waals surface area contributed by atoms with Crippen molar-refractivity contribution in [3.05, 3.63) is 44.6 Å². The lowest BCUT2D eigenvalue weighted by Crippen LogP contribution is -2.26. The van der Waals surface area contributed by atoms with Crippen LogP contribution in [0.3, 0.4) is 0 Å². The van der Waals surface area contributed by atoms with Crippen LogP contribution in [0.2, 0.25) is 5.15 Å². The van der Waals surface area contributed by atoms with Crippen LogP contribution < -0.4 is 5.32 Å². The van der Waals surface area contributed by atoms with Gasteiger partial charge in [0.05, 0.1) is 5.01 Å². The first-order valence-electron chi connectivity index (χ1n) is 6.94. The molecule has 0 aliphatic carbocycles. The molecule has 21 heavy (non-hydrogen) atoms. The molecule has 2 aromatic heterocycles. The fourth-order valence-corrected chi connectivity index (χ4v) is 2.97. The highest BCUT2D eigenvalue weighted by Gasteiger charge is 2.09. The molecule has 2 aromatic rings. The van der Waals surface area contributed by atoms with E-state index in [0.29, 0.717) is 17.3 Å². The van der Waals surface area contributed by atoms with Crippen LogP contribution in [0.1, 0.15) is 40.1 Å². The summed E-state index contributed by atoms with van der Waals surface area (Å²) in [4.78, 5) is 20.7. The van der Waals surface area contributed by atoms with Crippen molar-refractivity contribution in [2.24, 2.45) is 0 Å². The molecule has 0 fully saturated rings. The maximum absolute atomic E-state index is 12.1. The molecule has 0 atom stereocenters. The largest absolute Gasteiger partial charge is 0.352 e. The molecular formula is C15H18ClN3OS. The monoisotopic (exact) mass is 323 g/mol. The number of nitrogens with zero attached hydrogens (tertiary/aromatic N) is 2. The van der Waals surface area contributed by atoms with Gasteiger partial charge >= 0.3 is 0 Å². The number of aryl methyl sites for hydroxylation is 2. The Bertz CT molecular complexity index is 627. The molecule has 0 saturated heterocycles. The normalized spacial score (nSPS) is 10.6. The van der Waals surface area contributed by atoms with Crippen molar-refractivity contribution in [2.75, 3.05) is 6.54 Å². The predicted octanol–water partition coefficient (Wildman–Crippen LogP) is 3.42. The number of rotatable bonds is 6. The zero-order valence-electron chi connectivity index (χ0n) is 12.1. The van der Waals surface area contributed by atoms with Crippen LogP contribution in [0, 0.1) is 6.92 Å². The fraction of sp³-hybridized carbons (Fsp3) is 0.400. The number of hydrogen-bond donors (Lipinski definition) is 1. The third-order valence-corrected chi connectivity index (χ3v) is 4.13. The summed E-state index contributed by atoms with van der Waals surface area (Å²) in [6.07, 6.45) is 2.53. The van der Waals surface area contributed by atoms with E-state index in [1.807, 2.05) is 12.3 Å². The number of thiazole rings is 1. The van der Waals surface area contributed by atoms with Crippen LogP contribution in [-0.2, 0) is 12.8 Å². The van der Waals surface area contributed by atoms with E-state index in [2.05, 4.69) is 22.2 Å². The van der Waals surface area contributed by atoms with E-state index in [4.69, 9.17) is 11.6 Å². The summed E-state index contributed by atoms with van der Waals surface area (Å²) in [6.45, 7) is 4.60. The van der Waals surface area contributed by atoms with Gasteiger partial charge in [0.15, 0.2) is 0 Å². The van der Waals surface area contributed by atoms with Crippen LogP contribution in [-0.4, -0.2) is 22.4 Å². The summed E-state index contributed by atoms with van der Waals surface area (Å²) in [5.41, 5.74) is 2.44. The molecule has 0 bridgehead atoms.